The highest BCUT2D eigenvalue weighted by Gasteiger charge is 2.13. The van der Waals surface area contributed by atoms with Gasteiger partial charge in [0, 0.05) is 25.7 Å². The largest absolute Gasteiger partial charge is 0.346 e. The number of hydrogen-bond acceptors (Lipinski definition) is 4. The van der Waals surface area contributed by atoms with Crippen molar-refractivity contribution >= 4 is 5.91 Å². The molecule has 0 saturated carbocycles. The molecule has 0 saturated heterocycles. The summed E-state index contributed by atoms with van der Waals surface area (Å²) >= 11 is 0. The molecule has 2 aromatic rings. The van der Waals surface area contributed by atoms with Gasteiger partial charge in [0.1, 0.15) is 12.2 Å². The molecule has 2 aromatic heterocycles. The lowest BCUT2D eigenvalue weighted by Crippen LogP contribution is -2.28. The summed E-state index contributed by atoms with van der Waals surface area (Å²) in [4.78, 5) is 16.1. The molecule has 7 heteroatoms. The molecule has 0 aromatic carbocycles. The van der Waals surface area contributed by atoms with Crippen LogP contribution in [0.3, 0.4) is 0 Å². The van der Waals surface area contributed by atoms with Crippen LogP contribution >= 0.6 is 0 Å². The van der Waals surface area contributed by atoms with Crippen LogP contribution in [0.1, 0.15) is 43.0 Å². The molecular formula is C14H22N6O. The second kappa shape index (κ2) is 6.51. The SMILES string of the molecule is Cc1cc(C)n(CCCC(=O)NC(C)c2ncnn2C)n1. The van der Waals surface area contributed by atoms with Crippen LogP contribution in [0.4, 0.5) is 0 Å². The van der Waals surface area contributed by atoms with Gasteiger partial charge in [-0.05, 0) is 33.3 Å². The first kappa shape index (κ1) is 15.2. The van der Waals surface area contributed by atoms with Crippen molar-refractivity contribution in [2.45, 2.75) is 46.2 Å². The predicted molar refractivity (Wildman–Crippen MR) is 78.5 cm³/mol. The van der Waals surface area contributed by atoms with Crippen molar-refractivity contribution in [3.8, 4) is 0 Å². The molecule has 0 fully saturated rings. The number of nitrogens with one attached hydrogen (secondary N) is 1. The minimum absolute atomic E-state index is 0.0204. The van der Waals surface area contributed by atoms with E-state index in [2.05, 4.69) is 20.5 Å². The van der Waals surface area contributed by atoms with E-state index in [-0.39, 0.29) is 11.9 Å². The van der Waals surface area contributed by atoms with Gasteiger partial charge in [0.15, 0.2) is 0 Å². The van der Waals surface area contributed by atoms with Gasteiger partial charge in [-0.1, -0.05) is 0 Å². The lowest BCUT2D eigenvalue weighted by Gasteiger charge is -2.13. The molecule has 1 N–H and O–H groups in total. The molecule has 21 heavy (non-hydrogen) atoms. The Labute approximate surface area is 124 Å². The summed E-state index contributed by atoms with van der Waals surface area (Å²) in [5.41, 5.74) is 2.13. The Morgan fingerprint density at radius 2 is 2.19 bits per heavy atom. The van der Waals surface area contributed by atoms with E-state index in [0.717, 1.165) is 30.2 Å². The van der Waals surface area contributed by atoms with Gasteiger partial charge >= 0.3 is 0 Å². The monoisotopic (exact) mass is 290 g/mol. The van der Waals surface area contributed by atoms with Gasteiger partial charge in [0.05, 0.1) is 11.7 Å². The van der Waals surface area contributed by atoms with Crippen LogP contribution in [-0.4, -0.2) is 30.5 Å². The topological polar surface area (TPSA) is 77.6 Å². The Hall–Kier alpha value is -2.18. The van der Waals surface area contributed by atoms with Crippen LogP contribution in [0.25, 0.3) is 0 Å². The maximum absolute atomic E-state index is 11.9. The number of hydrogen-bond donors (Lipinski definition) is 1. The smallest absolute Gasteiger partial charge is 0.220 e. The molecule has 1 unspecified atom stereocenters. The van der Waals surface area contributed by atoms with Gasteiger partial charge < -0.3 is 5.32 Å². The first-order valence-electron chi connectivity index (χ1n) is 7.11. The van der Waals surface area contributed by atoms with Crippen molar-refractivity contribution in [1.29, 1.82) is 0 Å². The fourth-order valence-corrected chi connectivity index (χ4v) is 2.37. The predicted octanol–water partition coefficient (Wildman–Crippen LogP) is 1.29. The Kier molecular flexibility index (Phi) is 4.72. The summed E-state index contributed by atoms with van der Waals surface area (Å²) in [5.74, 6) is 0.772. The molecule has 114 valence electrons. The highest BCUT2D eigenvalue weighted by molar-refractivity contribution is 5.76. The minimum atomic E-state index is -0.140. The summed E-state index contributed by atoms with van der Waals surface area (Å²) in [7, 11) is 1.81. The summed E-state index contributed by atoms with van der Waals surface area (Å²) < 4.78 is 3.61. The number of nitrogens with zero attached hydrogens (tertiary/aromatic N) is 5. The van der Waals surface area contributed by atoms with Crippen molar-refractivity contribution in [2.24, 2.45) is 7.05 Å². The van der Waals surface area contributed by atoms with Gasteiger partial charge in [-0.25, -0.2) is 4.98 Å². The standard InChI is InChI=1S/C14H22N6O/c1-10-8-11(2)20(18-10)7-5-6-13(21)17-12(3)14-15-9-16-19(14)4/h8-9,12H,5-7H2,1-4H3,(H,17,21). The van der Waals surface area contributed by atoms with Crippen molar-refractivity contribution in [1.82, 2.24) is 29.9 Å². The lowest BCUT2D eigenvalue weighted by atomic mass is 10.2. The molecule has 0 aliphatic carbocycles. The molecular weight excluding hydrogens is 268 g/mol. The molecule has 2 heterocycles. The zero-order valence-electron chi connectivity index (χ0n) is 13.0. The first-order chi connectivity index (χ1) is 9.97. The third kappa shape index (κ3) is 3.90. The van der Waals surface area contributed by atoms with E-state index in [9.17, 15) is 4.79 Å². The highest BCUT2D eigenvalue weighted by Crippen LogP contribution is 2.08. The first-order valence-corrected chi connectivity index (χ1v) is 7.11. The Morgan fingerprint density at radius 3 is 2.76 bits per heavy atom. The fraction of sp³-hybridized carbons (Fsp3) is 0.571. The third-order valence-corrected chi connectivity index (χ3v) is 3.39. The van der Waals surface area contributed by atoms with Gasteiger partial charge in [-0.3, -0.25) is 14.2 Å². The molecule has 0 aliphatic rings. The average Bonchev–Trinajstić information content (AvgIpc) is 2.95. The van der Waals surface area contributed by atoms with Crippen LogP contribution in [0.15, 0.2) is 12.4 Å². The van der Waals surface area contributed by atoms with Gasteiger partial charge in [-0.15, -0.1) is 0 Å². The number of carbonyl (C=O) groups is 1. The summed E-state index contributed by atoms with van der Waals surface area (Å²) in [6.07, 6.45) is 2.72. The molecule has 0 bridgehead atoms. The normalized spacial score (nSPS) is 12.4. The molecule has 0 aliphatic heterocycles. The van der Waals surface area contributed by atoms with Crippen molar-refractivity contribution in [3.63, 3.8) is 0 Å². The van der Waals surface area contributed by atoms with Crippen LogP contribution in [0.5, 0.6) is 0 Å². The van der Waals surface area contributed by atoms with Gasteiger partial charge in [0.25, 0.3) is 0 Å². The zero-order chi connectivity index (χ0) is 15.4. The maximum atomic E-state index is 11.9. The van der Waals surface area contributed by atoms with Crippen LogP contribution in [0.2, 0.25) is 0 Å². The lowest BCUT2D eigenvalue weighted by molar-refractivity contribution is -0.121. The molecule has 2 rings (SSSR count). The highest BCUT2D eigenvalue weighted by atomic mass is 16.1. The van der Waals surface area contributed by atoms with Crippen molar-refractivity contribution in [3.05, 3.63) is 29.6 Å². The quantitative estimate of drug-likeness (QED) is 0.869. The second-order valence-electron chi connectivity index (χ2n) is 5.28. The number of aromatic nitrogens is 5. The van der Waals surface area contributed by atoms with Crippen LogP contribution < -0.4 is 5.32 Å². The third-order valence-electron chi connectivity index (χ3n) is 3.39. The molecule has 0 radical (unpaired) electrons. The van der Waals surface area contributed by atoms with E-state index in [1.54, 1.807) is 4.68 Å². The Balaban J connectivity index is 1.77. The van der Waals surface area contributed by atoms with Crippen molar-refractivity contribution in [2.75, 3.05) is 0 Å². The molecule has 1 amide bonds. The average molecular weight is 290 g/mol. The fourth-order valence-electron chi connectivity index (χ4n) is 2.37. The summed E-state index contributed by atoms with van der Waals surface area (Å²) in [6.45, 7) is 6.66. The number of rotatable bonds is 6. The number of aryl methyl sites for hydroxylation is 4. The summed E-state index contributed by atoms with van der Waals surface area (Å²) in [6, 6.07) is 1.90. The van der Waals surface area contributed by atoms with Crippen LogP contribution in [-0.2, 0) is 18.4 Å². The maximum Gasteiger partial charge on any atom is 0.220 e. The number of carbonyl (C=O) groups excluding carboxylic acids is 1. The van der Waals surface area contributed by atoms with E-state index in [1.807, 2.05) is 38.6 Å². The minimum Gasteiger partial charge on any atom is -0.346 e. The van der Waals surface area contributed by atoms with Gasteiger partial charge in [0.2, 0.25) is 5.91 Å². The van der Waals surface area contributed by atoms with Gasteiger partial charge in [-0.2, -0.15) is 10.2 Å². The summed E-state index contributed by atoms with van der Waals surface area (Å²) in [5, 5.41) is 11.3. The molecule has 0 spiro atoms. The second-order valence-corrected chi connectivity index (χ2v) is 5.28. The Bertz CT molecular complexity index is 615. The Morgan fingerprint density at radius 1 is 1.43 bits per heavy atom. The van der Waals surface area contributed by atoms with E-state index < -0.39 is 0 Å². The van der Waals surface area contributed by atoms with Crippen molar-refractivity contribution < 1.29 is 4.79 Å². The van der Waals surface area contributed by atoms with E-state index >= 15 is 0 Å². The molecule has 7 nitrogen and oxygen atoms in total. The molecule has 1 atom stereocenters. The number of amides is 1. The van der Waals surface area contributed by atoms with E-state index in [1.165, 1.54) is 6.33 Å². The zero-order valence-corrected chi connectivity index (χ0v) is 13.0. The van der Waals surface area contributed by atoms with E-state index in [4.69, 9.17) is 0 Å². The van der Waals surface area contributed by atoms with Crippen LogP contribution in [0, 0.1) is 13.8 Å². The van der Waals surface area contributed by atoms with E-state index in [0.29, 0.717) is 6.42 Å².